The molecular weight excluding hydrogens is 236 g/mol. The second-order valence-corrected chi connectivity index (χ2v) is 5.59. The van der Waals surface area contributed by atoms with E-state index in [1.807, 2.05) is 6.07 Å². The minimum atomic E-state index is 0.745. The van der Waals surface area contributed by atoms with Crippen molar-refractivity contribution in [3.8, 4) is 11.5 Å². The van der Waals surface area contributed by atoms with Crippen LogP contribution in [0.1, 0.15) is 51.0 Å². The van der Waals surface area contributed by atoms with Crippen LogP contribution in [-0.4, -0.2) is 13.2 Å². The third kappa shape index (κ3) is 4.45. The fraction of sp³-hybridized carbons (Fsp3) is 0.647. The topological polar surface area (TPSA) is 18.5 Å². The average molecular weight is 262 g/mol. The van der Waals surface area contributed by atoms with Crippen LogP contribution < -0.4 is 9.47 Å². The number of hydrogen-bond donors (Lipinski definition) is 0. The highest BCUT2D eigenvalue weighted by Gasteiger charge is 2.14. The zero-order valence-electron chi connectivity index (χ0n) is 12.3. The molecule has 0 N–H and O–H groups in total. The fourth-order valence-electron chi connectivity index (χ4n) is 2.61. The molecule has 106 valence electrons. The normalized spacial score (nSPS) is 16.3. The monoisotopic (exact) mass is 262 g/mol. The molecule has 2 heteroatoms. The Balaban J connectivity index is 1.88. The van der Waals surface area contributed by atoms with Gasteiger partial charge < -0.3 is 9.47 Å². The van der Waals surface area contributed by atoms with Gasteiger partial charge in [0.25, 0.3) is 0 Å². The summed E-state index contributed by atoms with van der Waals surface area (Å²) in [6, 6.07) is 6.17. The number of ether oxygens (including phenoxy) is 2. The van der Waals surface area contributed by atoms with Gasteiger partial charge in [0.1, 0.15) is 11.5 Å². The Morgan fingerprint density at radius 2 is 1.89 bits per heavy atom. The maximum Gasteiger partial charge on any atom is 0.125 e. The Kier molecular flexibility index (Phi) is 5.56. The van der Waals surface area contributed by atoms with Crippen LogP contribution in [0.25, 0.3) is 0 Å². The third-order valence-electron chi connectivity index (χ3n) is 3.83. The molecule has 1 aliphatic rings. The van der Waals surface area contributed by atoms with Crippen LogP contribution in [0.15, 0.2) is 18.2 Å². The Morgan fingerprint density at radius 1 is 1.11 bits per heavy atom. The lowest BCUT2D eigenvalue weighted by Crippen LogP contribution is -2.15. The van der Waals surface area contributed by atoms with E-state index in [0.717, 1.165) is 37.1 Å². The molecule has 1 fully saturated rings. The molecule has 2 nitrogen and oxygen atoms in total. The van der Waals surface area contributed by atoms with E-state index in [4.69, 9.17) is 9.47 Å². The van der Waals surface area contributed by atoms with Crippen LogP contribution in [-0.2, 0) is 0 Å². The molecule has 1 saturated carbocycles. The van der Waals surface area contributed by atoms with E-state index >= 15 is 0 Å². The maximum absolute atomic E-state index is 5.94. The van der Waals surface area contributed by atoms with Crippen molar-refractivity contribution < 1.29 is 9.47 Å². The molecule has 0 bridgehead atoms. The fourth-order valence-corrected chi connectivity index (χ4v) is 2.61. The molecule has 0 aromatic heterocycles. The minimum absolute atomic E-state index is 0.745. The van der Waals surface area contributed by atoms with Gasteiger partial charge in [0.05, 0.1) is 13.2 Å². The zero-order valence-corrected chi connectivity index (χ0v) is 12.3. The lowest BCUT2D eigenvalue weighted by atomic mass is 9.90. The van der Waals surface area contributed by atoms with E-state index < -0.39 is 0 Å². The van der Waals surface area contributed by atoms with Gasteiger partial charge in [-0.15, -0.1) is 0 Å². The van der Waals surface area contributed by atoms with E-state index in [-0.39, 0.29) is 0 Å². The molecule has 0 aliphatic heterocycles. The highest BCUT2D eigenvalue weighted by molar-refractivity contribution is 5.39. The molecule has 1 aromatic carbocycles. The highest BCUT2D eigenvalue weighted by Crippen LogP contribution is 2.27. The molecule has 2 rings (SSSR count). The van der Waals surface area contributed by atoms with Crippen LogP contribution in [0.3, 0.4) is 0 Å². The summed E-state index contributed by atoms with van der Waals surface area (Å²) in [6.45, 7) is 5.83. The molecule has 0 saturated heterocycles. The van der Waals surface area contributed by atoms with Crippen molar-refractivity contribution in [3.63, 3.8) is 0 Å². The second-order valence-electron chi connectivity index (χ2n) is 5.59. The summed E-state index contributed by atoms with van der Waals surface area (Å²) in [6.07, 6.45) is 7.82. The third-order valence-corrected chi connectivity index (χ3v) is 3.83. The average Bonchev–Trinajstić information content (AvgIpc) is 2.46. The van der Waals surface area contributed by atoms with Crippen LogP contribution in [0.4, 0.5) is 0 Å². The Hall–Kier alpha value is -1.18. The van der Waals surface area contributed by atoms with Crippen molar-refractivity contribution in [2.45, 2.75) is 52.4 Å². The van der Waals surface area contributed by atoms with Crippen molar-refractivity contribution in [2.24, 2.45) is 5.92 Å². The van der Waals surface area contributed by atoms with E-state index in [2.05, 4.69) is 26.0 Å². The smallest absolute Gasteiger partial charge is 0.125 e. The summed E-state index contributed by atoms with van der Waals surface area (Å²) in [5, 5.41) is 0. The van der Waals surface area contributed by atoms with E-state index in [0.29, 0.717) is 0 Å². The van der Waals surface area contributed by atoms with Crippen molar-refractivity contribution in [3.05, 3.63) is 23.8 Å². The van der Waals surface area contributed by atoms with Crippen LogP contribution >= 0.6 is 0 Å². The Labute approximate surface area is 117 Å². The SMILES string of the molecule is CCCOc1cc(OCC2CCCCC2)ccc1C. The standard InChI is InChI=1S/C17H26O2/c1-3-11-18-17-12-16(10-9-14(17)2)19-13-15-7-5-4-6-8-15/h9-10,12,15H,3-8,11,13H2,1-2H3. The lowest BCUT2D eigenvalue weighted by molar-refractivity contribution is 0.207. The number of benzene rings is 1. The molecular formula is C17H26O2. The predicted molar refractivity (Wildman–Crippen MR) is 79.0 cm³/mol. The van der Waals surface area contributed by atoms with Gasteiger partial charge in [-0.05, 0) is 43.7 Å². The number of aryl methyl sites for hydroxylation is 1. The summed E-state index contributed by atoms with van der Waals surface area (Å²) in [5.41, 5.74) is 1.18. The summed E-state index contributed by atoms with van der Waals surface area (Å²) < 4.78 is 11.7. The van der Waals surface area contributed by atoms with E-state index in [1.165, 1.54) is 37.7 Å². The van der Waals surface area contributed by atoms with Crippen LogP contribution in [0.5, 0.6) is 11.5 Å². The predicted octanol–water partition coefficient (Wildman–Crippen LogP) is 4.74. The minimum Gasteiger partial charge on any atom is -0.493 e. The van der Waals surface area contributed by atoms with Gasteiger partial charge in [-0.2, -0.15) is 0 Å². The molecule has 0 heterocycles. The van der Waals surface area contributed by atoms with Gasteiger partial charge in [0.15, 0.2) is 0 Å². The first-order chi connectivity index (χ1) is 9.29. The Bertz CT molecular complexity index is 381. The van der Waals surface area contributed by atoms with Gasteiger partial charge >= 0.3 is 0 Å². The lowest BCUT2D eigenvalue weighted by Gasteiger charge is -2.22. The van der Waals surface area contributed by atoms with Gasteiger partial charge in [-0.1, -0.05) is 32.3 Å². The Morgan fingerprint density at radius 3 is 2.63 bits per heavy atom. The van der Waals surface area contributed by atoms with Crippen LogP contribution in [0, 0.1) is 12.8 Å². The molecule has 0 atom stereocenters. The summed E-state index contributed by atoms with van der Waals surface area (Å²) in [7, 11) is 0. The van der Waals surface area contributed by atoms with Crippen LogP contribution in [0.2, 0.25) is 0 Å². The van der Waals surface area contributed by atoms with Crippen molar-refractivity contribution in [2.75, 3.05) is 13.2 Å². The molecule has 0 spiro atoms. The molecule has 0 radical (unpaired) electrons. The molecule has 1 aliphatic carbocycles. The zero-order chi connectivity index (χ0) is 13.5. The second kappa shape index (κ2) is 7.42. The van der Waals surface area contributed by atoms with Crippen molar-refractivity contribution in [1.82, 2.24) is 0 Å². The maximum atomic E-state index is 5.94. The molecule has 0 unspecified atom stereocenters. The van der Waals surface area contributed by atoms with Gasteiger partial charge in [-0.25, -0.2) is 0 Å². The molecule has 1 aromatic rings. The van der Waals surface area contributed by atoms with E-state index in [9.17, 15) is 0 Å². The van der Waals surface area contributed by atoms with Gasteiger partial charge in [0.2, 0.25) is 0 Å². The molecule has 19 heavy (non-hydrogen) atoms. The number of rotatable bonds is 6. The quantitative estimate of drug-likeness (QED) is 0.737. The summed E-state index contributed by atoms with van der Waals surface area (Å²) >= 11 is 0. The highest BCUT2D eigenvalue weighted by atomic mass is 16.5. The molecule has 0 amide bonds. The largest absolute Gasteiger partial charge is 0.493 e. The van der Waals surface area contributed by atoms with Crippen molar-refractivity contribution >= 4 is 0 Å². The van der Waals surface area contributed by atoms with E-state index in [1.54, 1.807) is 0 Å². The first kappa shape index (κ1) is 14.2. The first-order valence-corrected chi connectivity index (χ1v) is 7.66. The summed E-state index contributed by atoms with van der Waals surface area (Å²) in [4.78, 5) is 0. The van der Waals surface area contributed by atoms with Crippen molar-refractivity contribution in [1.29, 1.82) is 0 Å². The van der Waals surface area contributed by atoms with Gasteiger partial charge in [0, 0.05) is 6.07 Å². The first-order valence-electron chi connectivity index (χ1n) is 7.66. The van der Waals surface area contributed by atoms with Gasteiger partial charge in [-0.3, -0.25) is 0 Å². The summed E-state index contributed by atoms with van der Waals surface area (Å²) in [5.74, 6) is 2.65. The number of hydrogen-bond acceptors (Lipinski definition) is 2.